The van der Waals surface area contributed by atoms with Crippen LogP contribution < -0.4 is 5.73 Å². The van der Waals surface area contributed by atoms with Crippen molar-refractivity contribution in [1.82, 2.24) is 9.88 Å². The van der Waals surface area contributed by atoms with E-state index in [9.17, 15) is 0 Å². The highest BCUT2D eigenvalue weighted by molar-refractivity contribution is 7.09. The van der Waals surface area contributed by atoms with E-state index >= 15 is 0 Å². The molecule has 1 aromatic rings. The summed E-state index contributed by atoms with van der Waals surface area (Å²) in [6.07, 6.45) is 3.42. The Morgan fingerprint density at radius 2 is 2.27 bits per heavy atom. The van der Waals surface area contributed by atoms with Gasteiger partial charge in [-0.15, -0.1) is 11.3 Å². The fourth-order valence-corrected chi connectivity index (χ4v) is 2.39. The molecule has 0 aromatic carbocycles. The third-order valence-corrected chi connectivity index (χ3v) is 3.12. The zero-order chi connectivity index (χ0) is 11.3. The van der Waals surface area contributed by atoms with Crippen molar-refractivity contribution in [3.05, 3.63) is 16.1 Å². The average molecular weight is 227 g/mol. The first-order valence-electron chi connectivity index (χ1n) is 5.48. The second kappa shape index (κ2) is 6.20. The first kappa shape index (κ1) is 12.6. The van der Waals surface area contributed by atoms with Crippen LogP contribution >= 0.6 is 11.3 Å². The van der Waals surface area contributed by atoms with Crippen molar-refractivity contribution in [3.8, 4) is 0 Å². The van der Waals surface area contributed by atoms with Crippen molar-refractivity contribution in [2.24, 2.45) is 5.73 Å². The lowest BCUT2D eigenvalue weighted by atomic mass is 10.1. The van der Waals surface area contributed by atoms with Gasteiger partial charge in [-0.25, -0.2) is 4.98 Å². The molecule has 0 aliphatic rings. The van der Waals surface area contributed by atoms with Gasteiger partial charge in [0.25, 0.3) is 0 Å². The minimum absolute atomic E-state index is 0.122. The summed E-state index contributed by atoms with van der Waals surface area (Å²) in [7, 11) is 4.11. The number of hydrogen-bond donors (Lipinski definition) is 1. The van der Waals surface area contributed by atoms with E-state index < -0.39 is 0 Å². The summed E-state index contributed by atoms with van der Waals surface area (Å²) in [5.41, 5.74) is 7.12. The molecule has 0 saturated heterocycles. The number of unbranched alkanes of at least 4 members (excludes halogenated alkanes) is 1. The molecule has 15 heavy (non-hydrogen) atoms. The van der Waals surface area contributed by atoms with Crippen molar-refractivity contribution >= 4 is 11.3 Å². The third-order valence-electron chi connectivity index (χ3n) is 2.27. The molecule has 0 saturated carbocycles. The van der Waals surface area contributed by atoms with Crippen LogP contribution in [-0.4, -0.2) is 24.0 Å². The molecule has 1 rings (SSSR count). The molecule has 4 heteroatoms. The molecule has 2 N–H and O–H groups in total. The maximum atomic E-state index is 6.06. The Hall–Kier alpha value is -0.450. The maximum Gasteiger partial charge on any atom is 0.107 e. The lowest BCUT2D eigenvalue weighted by molar-refractivity contribution is 0.400. The van der Waals surface area contributed by atoms with Crippen LogP contribution in [0.2, 0.25) is 0 Å². The number of thiazole rings is 1. The van der Waals surface area contributed by atoms with Gasteiger partial charge >= 0.3 is 0 Å². The van der Waals surface area contributed by atoms with Crippen LogP contribution in [0.4, 0.5) is 0 Å². The summed E-state index contributed by atoms with van der Waals surface area (Å²) in [5.74, 6) is 0. The molecule has 1 aromatic heterocycles. The minimum Gasteiger partial charge on any atom is -0.323 e. The highest BCUT2D eigenvalue weighted by Crippen LogP contribution is 2.19. The van der Waals surface area contributed by atoms with Crippen LogP contribution in [0.1, 0.15) is 42.9 Å². The molecular formula is C11H21N3S. The van der Waals surface area contributed by atoms with Gasteiger partial charge in [-0.3, -0.25) is 0 Å². The van der Waals surface area contributed by atoms with E-state index in [-0.39, 0.29) is 6.04 Å². The van der Waals surface area contributed by atoms with Crippen molar-refractivity contribution in [2.75, 3.05) is 14.1 Å². The van der Waals surface area contributed by atoms with Gasteiger partial charge in [0.1, 0.15) is 5.01 Å². The standard InChI is InChI=1S/C11H21N3S/c1-4-5-6-9(12)10-8-15-11(13-10)7-14(2)3/h8-9H,4-7,12H2,1-3H3. The molecule has 0 amide bonds. The second-order valence-electron chi connectivity index (χ2n) is 4.15. The first-order valence-corrected chi connectivity index (χ1v) is 6.36. The van der Waals surface area contributed by atoms with Crippen molar-refractivity contribution in [3.63, 3.8) is 0 Å². The fraction of sp³-hybridized carbons (Fsp3) is 0.727. The quantitative estimate of drug-likeness (QED) is 0.811. The molecule has 0 spiro atoms. The Bertz CT molecular complexity index is 283. The molecule has 0 radical (unpaired) electrons. The first-order chi connectivity index (χ1) is 7.13. The number of hydrogen-bond acceptors (Lipinski definition) is 4. The summed E-state index contributed by atoms with van der Waals surface area (Å²) in [6.45, 7) is 3.09. The molecule has 0 aliphatic heterocycles. The Kier molecular flexibility index (Phi) is 5.22. The van der Waals surface area contributed by atoms with Gasteiger partial charge in [0.05, 0.1) is 5.69 Å². The van der Waals surface area contributed by atoms with Gasteiger partial charge < -0.3 is 10.6 Å². The van der Waals surface area contributed by atoms with Gasteiger partial charge in [-0.2, -0.15) is 0 Å². The molecular weight excluding hydrogens is 206 g/mol. The largest absolute Gasteiger partial charge is 0.323 e. The summed E-state index contributed by atoms with van der Waals surface area (Å²) in [6, 6.07) is 0.122. The van der Waals surface area contributed by atoms with Crippen molar-refractivity contribution in [2.45, 2.75) is 38.8 Å². The monoisotopic (exact) mass is 227 g/mol. The third kappa shape index (κ3) is 4.28. The van der Waals surface area contributed by atoms with Crippen LogP contribution in [0.25, 0.3) is 0 Å². The lowest BCUT2D eigenvalue weighted by Crippen LogP contribution is -2.12. The van der Waals surface area contributed by atoms with E-state index in [0.717, 1.165) is 23.7 Å². The maximum absolute atomic E-state index is 6.06. The number of aromatic nitrogens is 1. The normalized spacial score (nSPS) is 13.4. The number of nitrogens with two attached hydrogens (primary N) is 1. The molecule has 1 atom stereocenters. The molecule has 3 nitrogen and oxygen atoms in total. The minimum atomic E-state index is 0.122. The molecule has 1 heterocycles. The van der Waals surface area contributed by atoms with E-state index in [4.69, 9.17) is 5.73 Å². The van der Waals surface area contributed by atoms with E-state index in [2.05, 4.69) is 36.3 Å². The van der Waals surface area contributed by atoms with Gasteiger partial charge in [0, 0.05) is 18.0 Å². The predicted molar refractivity (Wildman–Crippen MR) is 66.0 cm³/mol. The number of nitrogens with zero attached hydrogens (tertiary/aromatic N) is 2. The SMILES string of the molecule is CCCCC(N)c1csc(CN(C)C)n1. The van der Waals surface area contributed by atoms with E-state index in [1.807, 2.05) is 0 Å². The second-order valence-corrected chi connectivity index (χ2v) is 5.10. The zero-order valence-electron chi connectivity index (χ0n) is 9.86. The average Bonchev–Trinajstić information content (AvgIpc) is 2.61. The van der Waals surface area contributed by atoms with Crippen LogP contribution in [0.5, 0.6) is 0 Å². The summed E-state index contributed by atoms with van der Waals surface area (Å²) in [5, 5.41) is 3.25. The topological polar surface area (TPSA) is 42.1 Å². The van der Waals surface area contributed by atoms with Gasteiger partial charge in [0.2, 0.25) is 0 Å². The van der Waals surface area contributed by atoms with Gasteiger partial charge in [-0.05, 0) is 20.5 Å². The van der Waals surface area contributed by atoms with Gasteiger partial charge in [-0.1, -0.05) is 19.8 Å². The highest BCUT2D eigenvalue weighted by atomic mass is 32.1. The molecule has 86 valence electrons. The zero-order valence-corrected chi connectivity index (χ0v) is 10.7. The van der Waals surface area contributed by atoms with Crippen LogP contribution in [0, 0.1) is 0 Å². The van der Waals surface area contributed by atoms with Crippen LogP contribution in [-0.2, 0) is 6.54 Å². The molecule has 0 aliphatic carbocycles. The van der Waals surface area contributed by atoms with Crippen LogP contribution in [0.15, 0.2) is 5.38 Å². The Morgan fingerprint density at radius 3 is 2.87 bits per heavy atom. The summed E-state index contributed by atoms with van der Waals surface area (Å²) in [4.78, 5) is 6.68. The smallest absolute Gasteiger partial charge is 0.107 e. The summed E-state index contributed by atoms with van der Waals surface area (Å²) < 4.78 is 0. The Morgan fingerprint density at radius 1 is 1.53 bits per heavy atom. The number of rotatable bonds is 6. The molecule has 0 bridgehead atoms. The van der Waals surface area contributed by atoms with E-state index in [0.29, 0.717) is 0 Å². The fourth-order valence-electron chi connectivity index (χ4n) is 1.41. The molecule has 1 unspecified atom stereocenters. The van der Waals surface area contributed by atoms with E-state index in [1.165, 1.54) is 12.8 Å². The van der Waals surface area contributed by atoms with Crippen molar-refractivity contribution in [1.29, 1.82) is 0 Å². The van der Waals surface area contributed by atoms with Gasteiger partial charge in [0.15, 0.2) is 0 Å². The van der Waals surface area contributed by atoms with E-state index in [1.54, 1.807) is 11.3 Å². The molecule has 0 fully saturated rings. The lowest BCUT2D eigenvalue weighted by Gasteiger charge is -2.08. The Labute approximate surface area is 96.3 Å². The predicted octanol–water partition coefficient (Wildman–Crippen LogP) is 2.39. The van der Waals surface area contributed by atoms with Crippen molar-refractivity contribution < 1.29 is 0 Å². The Balaban J connectivity index is 2.51. The summed E-state index contributed by atoms with van der Waals surface area (Å²) >= 11 is 1.71. The van der Waals surface area contributed by atoms with Crippen LogP contribution in [0.3, 0.4) is 0 Å². The highest BCUT2D eigenvalue weighted by Gasteiger charge is 2.10.